The van der Waals surface area contributed by atoms with Gasteiger partial charge < -0.3 is 46.1 Å². The maximum absolute atomic E-state index is 8.89. The molecule has 0 aromatic heterocycles. The first-order valence-electron chi connectivity index (χ1n) is 2.72. The fourth-order valence-corrected chi connectivity index (χ4v) is 0. The monoisotopic (exact) mass is 371 g/mol. The van der Waals surface area contributed by atoms with E-state index in [2.05, 4.69) is 0 Å². The van der Waals surface area contributed by atoms with Crippen LogP contribution in [0.4, 0.5) is 0 Å². The fraction of sp³-hybridized carbons (Fsp3) is 0.500. The van der Waals surface area contributed by atoms with Crippen molar-refractivity contribution in [1.82, 2.24) is 0 Å². The number of rotatable bonds is 0. The number of carbonyl (C=O) groups excluding carboxylic acids is 3. The van der Waals surface area contributed by atoms with Crippen molar-refractivity contribution in [2.45, 2.75) is 20.8 Å². The summed E-state index contributed by atoms with van der Waals surface area (Å²) in [4.78, 5) is 26.7. The first kappa shape index (κ1) is 44.9. The summed E-state index contributed by atoms with van der Waals surface area (Å²) >= 11 is 0. The summed E-state index contributed by atoms with van der Waals surface area (Å²) in [5, 5.41) is 26.7. The van der Waals surface area contributed by atoms with Gasteiger partial charge in [0.05, 0.1) is 0 Å². The van der Waals surface area contributed by atoms with Crippen molar-refractivity contribution in [3.8, 4) is 0 Å². The van der Waals surface area contributed by atoms with Crippen LogP contribution in [-0.4, -0.2) is 34.3 Å². The molecule has 97 valence electrons. The Bertz CT molecular complexity index is 118. The maximum atomic E-state index is 8.89. The Balaban J connectivity index is -0.0000000135. The number of hydrogen-bond acceptors (Lipinski definition) is 6. The van der Waals surface area contributed by atoms with Gasteiger partial charge in [-0.25, -0.2) is 0 Å². The van der Waals surface area contributed by atoms with Crippen molar-refractivity contribution in [2.24, 2.45) is 0 Å². The fourth-order valence-electron chi connectivity index (χ4n) is 0. The molecule has 0 aliphatic carbocycles. The minimum absolute atomic E-state index is 0. The van der Waals surface area contributed by atoms with E-state index in [1.54, 1.807) is 0 Å². The second-order valence-corrected chi connectivity index (χ2v) is 1.47. The molecular formula is C6H15CeO9. The van der Waals surface area contributed by atoms with Crippen LogP contribution in [-0.2, 0) is 14.4 Å². The van der Waals surface area contributed by atoms with Gasteiger partial charge in [0, 0.05) is 17.9 Å². The third-order valence-corrected chi connectivity index (χ3v) is 0. The molecule has 0 aromatic carbocycles. The molecule has 0 aliphatic heterocycles. The molecule has 0 aliphatic rings. The number of carboxylic acids is 3. The number of hydrogen-bond donors (Lipinski definition) is 0. The topological polar surface area (TPSA) is 215 Å². The molecule has 6 N–H and O–H groups in total. The van der Waals surface area contributed by atoms with Crippen molar-refractivity contribution in [1.29, 1.82) is 0 Å². The van der Waals surface area contributed by atoms with Crippen LogP contribution in [0, 0.1) is 41.7 Å². The SMILES string of the molecule is CC(=O)[O-].CC(=O)[O-].CC(=O)[O-].O.O.O.[Ce+3]. The molecule has 9 nitrogen and oxygen atoms in total. The zero-order valence-electron chi connectivity index (χ0n) is 8.95. The van der Waals surface area contributed by atoms with Gasteiger partial charge in [0.25, 0.3) is 0 Å². The minimum atomic E-state index is -1.08. The van der Waals surface area contributed by atoms with Crippen LogP contribution in [0.3, 0.4) is 0 Å². The van der Waals surface area contributed by atoms with E-state index in [0.29, 0.717) is 0 Å². The van der Waals surface area contributed by atoms with E-state index in [9.17, 15) is 0 Å². The van der Waals surface area contributed by atoms with Gasteiger partial charge in [-0.1, -0.05) is 0 Å². The van der Waals surface area contributed by atoms with Gasteiger partial charge >= 0.3 is 41.7 Å². The van der Waals surface area contributed by atoms with Crippen LogP contribution >= 0.6 is 0 Å². The van der Waals surface area contributed by atoms with Crippen LogP contribution < -0.4 is 15.3 Å². The quantitative estimate of drug-likeness (QED) is 0.403. The van der Waals surface area contributed by atoms with Gasteiger partial charge in [0.1, 0.15) is 0 Å². The second-order valence-electron chi connectivity index (χ2n) is 1.47. The zero-order chi connectivity index (χ0) is 10.7. The normalized spacial score (nSPS) is 4.69. The summed E-state index contributed by atoms with van der Waals surface area (Å²) in [6.07, 6.45) is 0. The molecule has 0 spiro atoms. The molecule has 0 atom stereocenters. The molecule has 16 heavy (non-hydrogen) atoms. The van der Waals surface area contributed by atoms with Crippen LogP contribution in [0.1, 0.15) is 20.8 Å². The summed E-state index contributed by atoms with van der Waals surface area (Å²) in [7, 11) is 0. The van der Waals surface area contributed by atoms with Crippen LogP contribution in [0.2, 0.25) is 0 Å². The first-order chi connectivity index (χ1) is 5.20. The third-order valence-electron chi connectivity index (χ3n) is 0. The maximum Gasteiger partial charge on any atom is 3.00 e. The van der Waals surface area contributed by atoms with Gasteiger partial charge in [-0.05, 0) is 20.8 Å². The molecule has 0 heterocycles. The Labute approximate surface area is 126 Å². The van der Waals surface area contributed by atoms with E-state index >= 15 is 0 Å². The smallest absolute Gasteiger partial charge is 0.550 e. The summed E-state index contributed by atoms with van der Waals surface area (Å²) in [6, 6.07) is 0. The van der Waals surface area contributed by atoms with Gasteiger partial charge in [-0.3, -0.25) is 0 Å². The van der Waals surface area contributed by atoms with Crippen LogP contribution in [0.15, 0.2) is 0 Å². The van der Waals surface area contributed by atoms with E-state index in [0.717, 1.165) is 20.8 Å². The van der Waals surface area contributed by atoms with Crippen molar-refractivity contribution >= 4 is 17.9 Å². The van der Waals surface area contributed by atoms with Crippen LogP contribution in [0.25, 0.3) is 0 Å². The molecule has 0 saturated carbocycles. The molecule has 0 bridgehead atoms. The van der Waals surface area contributed by atoms with Gasteiger partial charge in [0.2, 0.25) is 0 Å². The van der Waals surface area contributed by atoms with Gasteiger partial charge in [-0.15, -0.1) is 0 Å². The molecule has 0 amide bonds. The summed E-state index contributed by atoms with van der Waals surface area (Å²) in [5.74, 6) is -3.25. The molecular weight excluding hydrogens is 356 g/mol. The predicted octanol–water partition coefficient (Wildman–Crippen LogP) is -6.21. The van der Waals surface area contributed by atoms with Gasteiger partial charge in [-0.2, -0.15) is 0 Å². The van der Waals surface area contributed by atoms with Gasteiger partial charge in [0.15, 0.2) is 0 Å². The molecule has 0 unspecified atom stereocenters. The Morgan fingerprint density at radius 1 is 0.625 bits per heavy atom. The van der Waals surface area contributed by atoms with E-state index in [-0.39, 0.29) is 58.2 Å². The first-order valence-corrected chi connectivity index (χ1v) is 2.72. The molecule has 0 fully saturated rings. The molecule has 0 rings (SSSR count). The van der Waals surface area contributed by atoms with Crippen molar-refractivity contribution in [2.75, 3.05) is 0 Å². The summed E-state index contributed by atoms with van der Waals surface area (Å²) < 4.78 is 0. The molecule has 0 aromatic rings. The average Bonchev–Trinajstić information content (AvgIpc) is 1.54. The van der Waals surface area contributed by atoms with Crippen LogP contribution in [0.5, 0.6) is 0 Å². The zero-order valence-corrected chi connectivity index (χ0v) is 12.1. The van der Waals surface area contributed by atoms with Crippen molar-refractivity contribution in [3.05, 3.63) is 0 Å². The largest absolute Gasteiger partial charge is 3.00 e. The second kappa shape index (κ2) is 36.5. The molecule has 10 heteroatoms. The Morgan fingerprint density at radius 2 is 0.625 bits per heavy atom. The van der Waals surface area contributed by atoms with Crippen molar-refractivity contribution < 1.29 is 87.9 Å². The minimum Gasteiger partial charge on any atom is -0.550 e. The number of aliphatic carboxylic acids is 3. The van der Waals surface area contributed by atoms with E-state index in [4.69, 9.17) is 29.7 Å². The third kappa shape index (κ3) is 19700. The molecule has 0 saturated heterocycles. The Morgan fingerprint density at radius 3 is 0.625 bits per heavy atom. The van der Waals surface area contributed by atoms with E-state index in [1.807, 2.05) is 0 Å². The predicted molar refractivity (Wildman–Crippen MR) is 42.9 cm³/mol. The number of carbonyl (C=O) groups is 3. The molecule has 1 radical (unpaired) electrons. The summed E-state index contributed by atoms with van der Waals surface area (Å²) in [6.45, 7) is 2.92. The Kier molecular flexibility index (Phi) is 102. The number of carboxylic acid groups (broad SMARTS) is 3. The average molecular weight is 371 g/mol. The Hall–Kier alpha value is -0.333. The standard InChI is InChI=1S/3C2H4O2.Ce.3H2O/c3*1-2(3)4;;;;/h3*1H3,(H,3,4);;3*1H2/q;;;+3;;;/p-3. The van der Waals surface area contributed by atoms with E-state index in [1.165, 1.54) is 0 Å². The van der Waals surface area contributed by atoms with E-state index < -0.39 is 17.9 Å². The summed E-state index contributed by atoms with van der Waals surface area (Å²) in [5.41, 5.74) is 0. The van der Waals surface area contributed by atoms with Crippen molar-refractivity contribution in [3.63, 3.8) is 0 Å².